The molecular formula is C7H9F2NO. The Morgan fingerprint density at radius 1 is 1.45 bits per heavy atom. The van der Waals surface area contributed by atoms with Crippen LogP contribution in [0.5, 0.6) is 0 Å². The smallest absolute Gasteiger partial charge is 0.266 e. The number of hydrogen-bond donors (Lipinski definition) is 1. The number of hydrogen-bond acceptors (Lipinski definition) is 1. The summed E-state index contributed by atoms with van der Waals surface area (Å²) in [6.45, 7) is 0. The molecule has 1 amide bonds. The average Bonchev–Trinajstić information content (AvgIpc) is 2.25. The van der Waals surface area contributed by atoms with Gasteiger partial charge in [-0.25, -0.2) is 8.78 Å². The molecule has 0 saturated heterocycles. The lowest BCUT2D eigenvalue weighted by atomic mass is 9.79. The maximum absolute atomic E-state index is 12.8. The van der Waals surface area contributed by atoms with Crippen molar-refractivity contribution in [3.05, 3.63) is 0 Å². The van der Waals surface area contributed by atoms with E-state index in [0.717, 1.165) is 6.42 Å². The van der Waals surface area contributed by atoms with Gasteiger partial charge in [0.15, 0.2) is 0 Å². The van der Waals surface area contributed by atoms with Crippen LogP contribution in [0.2, 0.25) is 0 Å². The van der Waals surface area contributed by atoms with Crippen molar-refractivity contribution in [3.63, 3.8) is 0 Å². The molecule has 4 heteroatoms. The molecule has 1 unspecified atom stereocenters. The van der Waals surface area contributed by atoms with E-state index in [1.165, 1.54) is 0 Å². The van der Waals surface area contributed by atoms with E-state index in [0.29, 0.717) is 12.8 Å². The van der Waals surface area contributed by atoms with Gasteiger partial charge in [0.2, 0.25) is 5.91 Å². The molecule has 0 heterocycles. The van der Waals surface area contributed by atoms with Crippen molar-refractivity contribution in [3.8, 4) is 0 Å². The van der Waals surface area contributed by atoms with Crippen LogP contribution in [0.3, 0.4) is 0 Å². The SMILES string of the molecule is NC(=O)C1C(F)(F)C12CCC2. The Kier molecular flexibility index (Phi) is 0.997. The van der Waals surface area contributed by atoms with E-state index in [1.807, 2.05) is 0 Å². The van der Waals surface area contributed by atoms with Crippen LogP contribution in [-0.2, 0) is 4.79 Å². The van der Waals surface area contributed by atoms with E-state index in [9.17, 15) is 13.6 Å². The predicted molar refractivity (Wildman–Crippen MR) is 33.9 cm³/mol. The molecule has 0 aromatic heterocycles. The molecule has 62 valence electrons. The maximum atomic E-state index is 12.8. The van der Waals surface area contributed by atoms with Crippen LogP contribution < -0.4 is 5.73 Å². The van der Waals surface area contributed by atoms with Gasteiger partial charge in [0.25, 0.3) is 5.92 Å². The fourth-order valence-corrected chi connectivity index (χ4v) is 2.14. The maximum Gasteiger partial charge on any atom is 0.266 e. The van der Waals surface area contributed by atoms with Crippen LogP contribution in [-0.4, -0.2) is 11.8 Å². The molecule has 0 radical (unpaired) electrons. The minimum Gasteiger partial charge on any atom is -0.369 e. The Balaban J connectivity index is 2.22. The fourth-order valence-electron chi connectivity index (χ4n) is 2.14. The van der Waals surface area contributed by atoms with Crippen molar-refractivity contribution in [1.29, 1.82) is 0 Å². The third kappa shape index (κ3) is 0.545. The highest BCUT2D eigenvalue weighted by molar-refractivity contribution is 5.83. The van der Waals surface area contributed by atoms with E-state index >= 15 is 0 Å². The monoisotopic (exact) mass is 161 g/mol. The third-order valence-corrected chi connectivity index (χ3v) is 3.03. The molecule has 1 atom stereocenters. The lowest BCUT2D eigenvalue weighted by molar-refractivity contribution is -0.121. The van der Waals surface area contributed by atoms with Crippen LogP contribution in [0.25, 0.3) is 0 Å². The van der Waals surface area contributed by atoms with Gasteiger partial charge in [-0.05, 0) is 12.8 Å². The number of halogens is 2. The first-order valence-corrected chi connectivity index (χ1v) is 3.69. The van der Waals surface area contributed by atoms with Crippen molar-refractivity contribution in [2.24, 2.45) is 17.1 Å². The molecule has 0 bridgehead atoms. The summed E-state index contributed by atoms with van der Waals surface area (Å²) in [6.07, 6.45) is 1.74. The van der Waals surface area contributed by atoms with E-state index in [2.05, 4.69) is 0 Å². The summed E-state index contributed by atoms with van der Waals surface area (Å²) in [5.74, 6) is -4.80. The molecular weight excluding hydrogens is 152 g/mol. The zero-order chi connectivity index (χ0) is 8.28. The Labute approximate surface area is 62.7 Å². The molecule has 2 fully saturated rings. The summed E-state index contributed by atoms with van der Waals surface area (Å²) >= 11 is 0. The number of nitrogens with two attached hydrogens (primary N) is 1. The molecule has 2 saturated carbocycles. The molecule has 0 aliphatic heterocycles. The molecule has 2 N–H and O–H groups in total. The quantitative estimate of drug-likeness (QED) is 0.610. The van der Waals surface area contributed by atoms with E-state index in [1.54, 1.807) is 0 Å². The fraction of sp³-hybridized carbons (Fsp3) is 0.857. The minimum atomic E-state index is -2.79. The number of amides is 1. The molecule has 11 heavy (non-hydrogen) atoms. The van der Waals surface area contributed by atoms with Crippen LogP contribution in [0.1, 0.15) is 19.3 Å². The molecule has 2 nitrogen and oxygen atoms in total. The Bertz CT molecular complexity index is 222. The number of carbonyl (C=O) groups is 1. The van der Waals surface area contributed by atoms with Gasteiger partial charge in [-0.3, -0.25) is 4.79 Å². The van der Waals surface area contributed by atoms with Gasteiger partial charge in [0.05, 0.1) is 5.41 Å². The first kappa shape index (κ1) is 7.00. The molecule has 2 aliphatic carbocycles. The topological polar surface area (TPSA) is 43.1 Å². The second-order valence-corrected chi connectivity index (χ2v) is 3.47. The summed E-state index contributed by atoms with van der Waals surface area (Å²) in [5.41, 5.74) is 3.84. The second-order valence-electron chi connectivity index (χ2n) is 3.47. The summed E-state index contributed by atoms with van der Waals surface area (Å²) in [4.78, 5) is 10.5. The van der Waals surface area contributed by atoms with Crippen molar-refractivity contribution in [1.82, 2.24) is 0 Å². The van der Waals surface area contributed by atoms with Crippen molar-refractivity contribution < 1.29 is 13.6 Å². The minimum absolute atomic E-state index is 0.466. The summed E-state index contributed by atoms with van der Waals surface area (Å²) < 4.78 is 25.7. The largest absolute Gasteiger partial charge is 0.369 e. The zero-order valence-corrected chi connectivity index (χ0v) is 5.94. The molecule has 1 spiro atoms. The predicted octanol–water partition coefficient (Wildman–Crippen LogP) is 0.907. The number of rotatable bonds is 1. The highest BCUT2D eigenvalue weighted by Gasteiger charge is 2.84. The lowest BCUT2D eigenvalue weighted by Crippen LogP contribution is -2.23. The van der Waals surface area contributed by atoms with Crippen LogP contribution in [0, 0.1) is 11.3 Å². The first-order chi connectivity index (χ1) is 5.02. The highest BCUT2D eigenvalue weighted by Crippen LogP contribution is 2.75. The molecule has 0 aromatic rings. The number of alkyl halides is 2. The lowest BCUT2D eigenvalue weighted by Gasteiger charge is -2.25. The summed E-state index contributed by atoms with van der Waals surface area (Å²) in [6, 6.07) is 0. The van der Waals surface area contributed by atoms with Gasteiger partial charge in [-0.2, -0.15) is 0 Å². The average molecular weight is 161 g/mol. The Morgan fingerprint density at radius 2 is 2.00 bits per heavy atom. The van der Waals surface area contributed by atoms with Crippen LogP contribution >= 0.6 is 0 Å². The van der Waals surface area contributed by atoms with Gasteiger partial charge < -0.3 is 5.73 Å². The van der Waals surface area contributed by atoms with E-state index in [-0.39, 0.29) is 0 Å². The van der Waals surface area contributed by atoms with Gasteiger partial charge in [-0.1, -0.05) is 6.42 Å². The van der Waals surface area contributed by atoms with Crippen molar-refractivity contribution >= 4 is 5.91 Å². The van der Waals surface area contributed by atoms with Gasteiger partial charge in [0.1, 0.15) is 5.92 Å². The van der Waals surface area contributed by atoms with Crippen LogP contribution in [0.15, 0.2) is 0 Å². The van der Waals surface area contributed by atoms with E-state index in [4.69, 9.17) is 5.73 Å². The molecule has 0 aromatic carbocycles. The van der Waals surface area contributed by atoms with Gasteiger partial charge in [-0.15, -0.1) is 0 Å². The van der Waals surface area contributed by atoms with E-state index < -0.39 is 23.2 Å². The van der Waals surface area contributed by atoms with Crippen LogP contribution in [0.4, 0.5) is 8.78 Å². The third-order valence-electron chi connectivity index (χ3n) is 3.03. The van der Waals surface area contributed by atoms with Crippen molar-refractivity contribution in [2.45, 2.75) is 25.2 Å². The molecule has 2 rings (SSSR count). The number of primary amides is 1. The Hall–Kier alpha value is -0.670. The zero-order valence-electron chi connectivity index (χ0n) is 5.94. The standard InChI is InChI=1S/C7H9F2NO/c8-7(9)4(5(10)11)6(7)2-1-3-6/h4H,1-3H2,(H2,10,11). The highest BCUT2D eigenvalue weighted by atomic mass is 19.3. The number of carbonyl (C=O) groups excluding carboxylic acids is 1. The summed E-state index contributed by atoms with van der Waals surface area (Å²) in [5, 5.41) is 0. The normalized spacial score (nSPS) is 36.4. The summed E-state index contributed by atoms with van der Waals surface area (Å²) in [7, 11) is 0. The first-order valence-electron chi connectivity index (χ1n) is 3.69. The van der Waals surface area contributed by atoms with Crippen molar-refractivity contribution in [2.75, 3.05) is 0 Å². The Morgan fingerprint density at radius 3 is 2.09 bits per heavy atom. The second kappa shape index (κ2) is 1.57. The van der Waals surface area contributed by atoms with Gasteiger partial charge in [0, 0.05) is 0 Å². The van der Waals surface area contributed by atoms with Gasteiger partial charge >= 0.3 is 0 Å². The molecule has 2 aliphatic rings.